The summed E-state index contributed by atoms with van der Waals surface area (Å²) >= 11 is 0. The lowest BCUT2D eigenvalue weighted by atomic mass is 10.1. The van der Waals surface area contributed by atoms with Crippen molar-refractivity contribution in [2.75, 3.05) is 0 Å². The lowest BCUT2D eigenvalue weighted by Crippen LogP contribution is -2.32. The van der Waals surface area contributed by atoms with Gasteiger partial charge in [-0.1, -0.05) is 30.3 Å². The van der Waals surface area contributed by atoms with Crippen molar-refractivity contribution < 1.29 is 5.11 Å². The SMILES string of the molecule is Cc1n[nH]c(C)c1N=Cc1c(O)n(CCc2ccccc2)c(=O)[nH]c1=O. The molecule has 0 aliphatic heterocycles. The van der Waals surface area contributed by atoms with E-state index in [1.54, 1.807) is 13.8 Å². The molecule has 0 aliphatic rings. The first-order valence-electron chi connectivity index (χ1n) is 8.13. The molecule has 2 heterocycles. The van der Waals surface area contributed by atoms with Gasteiger partial charge in [-0.25, -0.2) is 4.79 Å². The van der Waals surface area contributed by atoms with Gasteiger partial charge in [0.25, 0.3) is 5.56 Å². The number of nitrogens with one attached hydrogen (secondary N) is 2. The highest BCUT2D eigenvalue weighted by atomic mass is 16.3. The van der Waals surface area contributed by atoms with Gasteiger partial charge in [0, 0.05) is 12.8 Å². The molecule has 0 saturated carbocycles. The van der Waals surface area contributed by atoms with E-state index in [-0.39, 0.29) is 12.1 Å². The molecule has 0 saturated heterocycles. The van der Waals surface area contributed by atoms with E-state index in [1.165, 1.54) is 6.21 Å². The third kappa shape index (κ3) is 3.49. The van der Waals surface area contributed by atoms with Crippen LogP contribution in [0, 0.1) is 13.8 Å². The molecule has 3 rings (SSSR count). The lowest BCUT2D eigenvalue weighted by molar-refractivity contribution is 0.399. The molecule has 0 aliphatic carbocycles. The van der Waals surface area contributed by atoms with Crippen LogP contribution in [0.25, 0.3) is 0 Å². The van der Waals surface area contributed by atoms with E-state index >= 15 is 0 Å². The summed E-state index contributed by atoms with van der Waals surface area (Å²) in [4.78, 5) is 30.6. The number of aryl methyl sites for hydroxylation is 3. The standard InChI is InChI=1S/C18H19N5O3/c1-11-15(12(2)22-21-11)19-10-14-16(24)20-18(26)23(17(14)25)9-8-13-6-4-3-5-7-13/h3-7,10,25H,8-9H2,1-2H3,(H,21,22)(H,20,24,26). The number of hydrogen-bond donors (Lipinski definition) is 3. The summed E-state index contributed by atoms with van der Waals surface area (Å²) in [7, 11) is 0. The second-order valence-corrected chi connectivity index (χ2v) is 5.92. The van der Waals surface area contributed by atoms with Crippen molar-refractivity contribution in [1.82, 2.24) is 19.7 Å². The molecule has 0 bridgehead atoms. The van der Waals surface area contributed by atoms with E-state index in [0.29, 0.717) is 17.8 Å². The van der Waals surface area contributed by atoms with Crippen molar-refractivity contribution in [1.29, 1.82) is 0 Å². The molecule has 0 atom stereocenters. The van der Waals surface area contributed by atoms with Crippen LogP contribution in [0.1, 0.15) is 22.5 Å². The first-order chi connectivity index (χ1) is 12.5. The van der Waals surface area contributed by atoms with Crippen LogP contribution in [0.15, 0.2) is 44.9 Å². The normalized spacial score (nSPS) is 11.3. The van der Waals surface area contributed by atoms with Gasteiger partial charge in [-0.15, -0.1) is 0 Å². The highest BCUT2D eigenvalue weighted by Gasteiger charge is 2.13. The molecule has 8 heteroatoms. The highest BCUT2D eigenvalue weighted by molar-refractivity contribution is 5.84. The van der Waals surface area contributed by atoms with E-state index in [0.717, 1.165) is 15.8 Å². The largest absolute Gasteiger partial charge is 0.494 e. The number of benzene rings is 1. The van der Waals surface area contributed by atoms with Crippen LogP contribution in [-0.2, 0) is 13.0 Å². The van der Waals surface area contributed by atoms with Gasteiger partial charge < -0.3 is 5.11 Å². The minimum absolute atomic E-state index is 0.0716. The van der Waals surface area contributed by atoms with Crippen LogP contribution in [-0.4, -0.2) is 31.1 Å². The third-order valence-electron chi connectivity index (χ3n) is 4.09. The molecule has 26 heavy (non-hydrogen) atoms. The summed E-state index contributed by atoms with van der Waals surface area (Å²) in [6.07, 6.45) is 1.79. The predicted octanol–water partition coefficient (Wildman–Crippen LogP) is 1.58. The molecule has 0 radical (unpaired) electrons. The number of rotatable bonds is 5. The summed E-state index contributed by atoms with van der Waals surface area (Å²) in [5.74, 6) is -0.405. The average molecular weight is 353 g/mol. The monoisotopic (exact) mass is 353 g/mol. The van der Waals surface area contributed by atoms with Crippen LogP contribution in [0.5, 0.6) is 5.88 Å². The summed E-state index contributed by atoms with van der Waals surface area (Å²) in [5.41, 5.74) is 1.61. The van der Waals surface area contributed by atoms with Crippen molar-refractivity contribution in [3.05, 3.63) is 73.7 Å². The average Bonchev–Trinajstić information content (AvgIpc) is 2.94. The molecule has 8 nitrogen and oxygen atoms in total. The minimum Gasteiger partial charge on any atom is -0.494 e. The summed E-state index contributed by atoms with van der Waals surface area (Å²) < 4.78 is 1.13. The molecule has 3 aromatic rings. The first-order valence-corrected chi connectivity index (χ1v) is 8.13. The number of hydrogen-bond acceptors (Lipinski definition) is 5. The number of H-pyrrole nitrogens is 2. The third-order valence-corrected chi connectivity index (χ3v) is 4.09. The van der Waals surface area contributed by atoms with Crippen LogP contribution in [0.2, 0.25) is 0 Å². The maximum absolute atomic E-state index is 12.1. The Bertz CT molecular complexity index is 1040. The molecule has 0 amide bonds. The van der Waals surface area contributed by atoms with E-state index in [2.05, 4.69) is 20.2 Å². The number of aromatic hydroxyl groups is 1. The second-order valence-electron chi connectivity index (χ2n) is 5.92. The van der Waals surface area contributed by atoms with Gasteiger partial charge in [0.1, 0.15) is 11.3 Å². The Morgan fingerprint density at radius 3 is 2.62 bits per heavy atom. The van der Waals surface area contributed by atoms with E-state index in [4.69, 9.17) is 0 Å². The maximum atomic E-state index is 12.1. The topological polar surface area (TPSA) is 116 Å². The van der Waals surface area contributed by atoms with Crippen molar-refractivity contribution in [2.24, 2.45) is 4.99 Å². The Balaban J connectivity index is 1.94. The van der Waals surface area contributed by atoms with Gasteiger partial charge >= 0.3 is 5.69 Å². The van der Waals surface area contributed by atoms with Crippen LogP contribution < -0.4 is 11.2 Å². The van der Waals surface area contributed by atoms with Crippen LogP contribution in [0.4, 0.5) is 5.69 Å². The fraction of sp³-hybridized carbons (Fsp3) is 0.222. The Hall–Kier alpha value is -3.42. The van der Waals surface area contributed by atoms with Gasteiger partial charge in [0.2, 0.25) is 5.88 Å². The zero-order chi connectivity index (χ0) is 18.7. The molecule has 0 fully saturated rings. The van der Waals surface area contributed by atoms with E-state index in [1.807, 2.05) is 30.3 Å². The molecule has 3 N–H and O–H groups in total. The van der Waals surface area contributed by atoms with Gasteiger partial charge in [0.05, 0.1) is 11.4 Å². The van der Waals surface area contributed by atoms with Crippen LogP contribution >= 0.6 is 0 Å². The summed E-state index contributed by atoms with van der Waals surface area (Å²) in [6, 6.07) is 9.57. The molecule has 134 valence electrons. The first kappa shape index (κ1) is 17.4. The molecular formula is C18H19N5O3. The Labute approximate surface area is 148 Å². The van der Waals surface area contributed by atoms with E-state index < -0.39 is 17.1 Å². The molecular weight excluding hydrogens is 334 g/mol. The van der Waals surface area contributed by atoms with Crippen molar-refractivity contribution in [3.63, 3.8) is 0 Å². The Morgan fingerprint density at radius 1 is 1.23 bits per heavy atom. The fourth-order valence-corrected chi connectivity index (χ4v) is 2.65. The number of nitrogens with zero attached hydrogens (tertiary/aromatic N) is 3. The number of aromatic nitrogens is 4. The molecule has 0 unspecified atom stereocenters. The summed E-state index contributed by atoms with van der Waals surface area (Å²) in [6.45, 7) is 3.81. The minimum atomic E-state index is -0.689. The van der Waals surface area contributed by atoms with Gasteiger partial charge in [-0.05, 0) is 25.8 Å². The molecule has 2 aromatic heterocycles. The second kappa shape index (κ2) is 7.22. The lowest BCUT2D eigenvalue weighted by Gasteiger charge is -2.09. The Kier molecular flexibility index (Phi) is 4.83. The van der Waals surface area contributed by atoms with Crippen molar-refractivity contribution in [3.8, 4) is 5.88 Å². The zero-order valence-corrected chi connectivity index (χ0v) is 14.5. The van der Waals surface area contributed by atoms with Crippen LogP contribution in [0.3, 0.4) is 0 Å². The van der Waals surface area contributed by atoms with Crippen molar-refractivity contribution >= 4 is 11.9 Å². The molecule has 1 aromatic carbocycles. The van der Waals surface area contributed by atoms with Crippen molar-refractivity contribution in [2.45, 2.75) is 26.8 Å². The smallest absolute Gasteiger partial charge is 0.331 e. The zero-order valence-electron chi connectivity index (χ0n) is 14.5. The highest BCUT2D eigenvalue weighted by Crippen LogP contribution is 2.20. The fourth-order valence-electron chi connectivity index (χ4n) is 2.65. The van der Waals surface area contributed by atoms with Gasteiger partial charge in [0.15, 0.2) is 0 Å². The molecule has 0 spiro atoms. The van der Waals surface area contributed by atoms with Gasteiger partial charge in [-0.3, -0.25) is 24.4 Å². The Morgan fingerprint density at radius 2 is 1.96 bits per heavy atom. The number of aromatic amines is 2. The predicted molar refractivity (Wildman–Crippen MR) is 98.4 cm³/mol. The van der Waals surface area contributed by atoms with E-state index in [9.17, 15) is 14.7 Å². The maximum Gasteiger partial charge on any atom is 0.331 e. The van der Waals surface area contributed by atoms with Gasteiger partial charge in [-0.2, -0.15) is 5.10 Å². The summed E-state index contributed by atoms with van der Waals surface area (Å²) in [5, 5.41) is 17.2. The number of aliphatic imine (C=N–C) groups is 1. The quantitative estimate of drug-likeness (QED) is 0.604.